The highest BCUT2D eigenvalue weighted by Crippen LogP contribution is 2.28. The van der Waals surface area contributed by atoms with E-state index in [1.54, 1.807) is 16.4 Å². The van der Waals surface area contributed by atoms with Crippen molar-refractivity contribution in [2.24, 2.45) is 0 Å². The van der Waals surface area contributed by atoms with Crippen LogP contribution in [0.15, 0.2) is 40.6 Å². The predicted molar refractivity (Wildman–Crippen MR) is 116 cm³/mol. The number of para-hydroxylation sites is 1. The topological polar surface area (TPSA) is 60.9 Å². The lowest BCUT2D eigenvalue weighted by Crippen LogP contribution is -2.49. The highest BCUT2D eigenvalue weighted by atomic mass is 32.2. The average Bonchev–Trinajstić information content (AvgIpc) is 3.41. The van der Waals surface area contributed by atoms with Crippen molar-refractivity contribution in [3.8, 4) is 0 Å². The van der Waals surface area contributed by atoms with Crippen LogP contribution in [-0.4, -0.2) is 62.8 Å². The number of carbonyl (C=O) groups is 1. The van der Waals surface area contributed by atoms with E-state index in [0.29, 0.717) is 30.4 Å². The largest absolute Gasteiger partial charge is 0.368 e. The minimum atomic E-state index is -3.40. The molecule has 2 aliphatic heterocycles. The highest BCUT2D eigenvalue weighted by molar-refractivity contribution is 7.91. The third-order valence-electron chi connectivity index (χ3n) is 5.71. The smallest absolute Gasteiger partial charge is 0.252 e. The Morgan fingerprint density at radius 2 is 1.66 bits per heavy atom. The lowest BCUT2D eigenvalue weighted by Gasteiger charge is -2.36. The van der Waals surface area contributed by atoms with Crippen LogP contribution in [-0.2, 0) is 21.2 Å². The third kappa shape index (κ3) is 4.34. The molecular weight excluding hydrogens is 406 g/mol. The number of anilines is 1. The molecule has 1 aromatic heterocycles. The summed E-state index contributed by atoms with van der Waals surface area (Å²) in [6.45, 7) is 6.32. The number of nitrogens with zero attached hydrogens (tertiary/aromatic N) is 3. The number of carbonyl (C=O) groups excluding carboxylic acids is 1. The lowest BCUT2D eigenvalue weighted by atomic mass is 10.1. The van der Waals surface area contributed by atoms with Crippen LogP contribution in [0.1, 0.15) is 23.3 Å². The van der Waals surface area contributed by atoms with Gasteiger partial charge in [0.2, 0.25) is 5.91 Å². The number of rotatable bonds is 5. The summed E-state index contributed by atoms with van der Waals surface area (Å²) in [5.41, 5.74) is 2.48. The fourth-order valence-electron chi connectivity index (χ4n) is 4.02. The van der Waals surface area contributed by atoms with Gasteiger partial charge in [0.1, 0.15) is 4.21 Å². The Morgan fingerprint density at radius 1 is 0.966 bits per heavy atom. The molecule has 0 bridgehead atoms. The van der Waals surface area contributed by atoms with E-state index in [1.165, 1.54) is 22.6 Å². The van der Waals surface area contributed by atoms with Gasteiger partial charge in [-0.1, -0.05) is 18.2 Å². The number of sulfonamides is 1. The zero-order chi connectivity index (χ0) is 20.4. The highest BCUT2D eigenvalue weighted by Gasteiger charge is 2.29. The number of aryl methyl sites for hydroxylation is 1. The maximum absolute atomic E-state index is 12.7. The third-order valence-corrected chi connectivity index (χ3v) is 9.16. The SMILES string of the molecule is Cc1ccccc1N1CCN(C(=O)Cc2ccc(S(=O)(=O)N3CCCC3)s2)CC1. The Morgan fingerprint density at radius 3 is 2.34 bits per heavy atom. The van der Waals surface area contributed by atoms with Gasteiger partial charge in [0, 0.05) is 49.8 Å². The van der Waals surface area contributed by atoms with E-state index in [0.717, 1.165) is 30.8 Å². The fourth-order valence-corrected chi connectivity index (χ4v) is 7.04. The van der Waals surface area contributed by atoms with Crippen molar-refractivity contribution in [3.63, 3.8) is 0 Å². The summed E-state index contributed by atoms with van der Waals surface area (Å²) in [7, 11) is -3.40. The molecule has 8 heteroatoms. The van der Waals surface area contributed by atoms with Crippen molar-refractivity contribution < 1.29 is 13.2 Å². The van der Waals surface area contributed by atoms with Crippen LogP contribution in [0.3, 0.4) is 0 Å². The quantitative estimate of drug-likeness (QED) is 0.728. The summed E-state index contributed by atoms with van der Waals surface area (Å²) in [5, 5.41) is 0. The Balaban J connectivity index is 1.35. The molecule has 4 rings (SSSR count). The number of hydrogen-bond donors (Lipinski definition) is 0. The van der Waals surface area contributed by atoms with Gasteiger partial charge < -0.3 is 9.80 Å². The number of hydrogen-bond acceptors (Lipinski definition) is 5. The van der Waals surface area contributed by atoms with E-state index in [4.69, 9.17) is 0 Å². The monoisotopic (exact) mass is 433 g/mol. The zero-order valence-corrected chi connectivity index (χ0v) is 18.3. The van der Waals surface area contributed by atoms with E-state index in [2.05, 4.69) is 24.0 Å². The van der Waals surface area contributed by atoms with Gasteiger partial charge in [0.05, 0.1) is 6.42 Å². The standard InChI is InChI=1S/C21H27N3O3S2/c1-17-6-2-3-7-19(17)22-12-14-23(15-13-22)20(25)16-18-8-9-21(28-18)29(26,27)24-10-4-5-11-24/h2-3,6-9H,4-5,10-16H2,1H3. The van der Waals surface area contributed by atoms with Gasteiger partial charge in [0.25, 0.3) is 10.0 Å². The van der Waals surface area contributed by atoms with Gasteiger partial charge in [-0.05, 0) is 43.5 Å². The normalized spacial score (nSPS) is 18.4. The van der Waals surface area contributed by atoms with Gasteiger partial charge in [-0.3, -0.25) is 4.79 Å². The van der Waals surface area contributed by atoms with Crippen LogP contribution in [0.2, 0.25) is 0 Å². The molecular formula is C21H27N3O3S2. The van der Waals surface area contributed by atoms with Crippen molar-refractivity contribution in [3.05, 3.63) is 46.8 Å². The maximum Gasteiger partial charge on any atom is 0.252 e. The van der Waals surface area contributed by atoms with Gasteiger partial charge in [-0.15, -0.1) is 11.3 Å². The van der Waals surface area contributed by atoms with Crippen molar-refractivity contribution >= 4 is 33.0 Å². The molecule has 0 atom stereocenters. The lowest BCUT2D eigenvalue weighted by molar-refractivity contribution is -0.130. The molecule has 2 fully saturated rings. The number of piperazine rings is 1. The first kappa shape index (κ1) is 20.4. The molecule has 0 unspecified atom stereocenters. The molecule has 1 aromatic carbocycles. The molecule has 2 saturated heterocycles. The van der Waals surface area contributed by atoms with Crippen LogP contribution in [0, 0.1) is 6.92 Å². The Kier molecular flexibility index (Phi) is 5.94. The van der Waals surface area contributed by atoms with Crippen molar-refractivity contribution in [2.75, 3.05) is 44.2 Å². The molecule has 1 amide bonds. The van der Waals surface area contributed by atoms with Gasteiger partial charge in [0.15, 0.2) is 0 Å². The van der Waals surface area contributed by atoms with Crippen LogP contribution < -0.4 is 4.90 Å². The van der Waals surface area contributed by atoms with Gasteiger partial charge >= 0.3 is 0 Å². The van der Waals surface area contributed by atoms with E-state index < -0.39 is 10.0 Å². The molecule has 0 aliphatic carbocycles. The van der Waals surface area contributed by atoms with Crippen LogP contribution in [0.25, 0.3) is 0 Å². The summed E-state index contributed by atoms with van der Waals surface area (Å²) in [4.78, 5) is 17.8. The zero-order valence-electron chi connectivity index (χ0n) is 16.7. The molecule has 6 nitrogen and oxygen atoms in total. The average molecular weight is 434 g/mol. The second-order valence-electron chi connectivity index (χ2n) is 7.66. The molecule has 156 valence electrons. The summed E-state index contributed by atoms with van der Waals surface area (Å²) < 4.78 is 27.2. The molecule has 0 spiro atoms. The summed E-state index contributed by atoms with van der Waals surface area (Å²) in [6.07, 6.45) is 2.11. The van der Waals surface area contributed by atoms with E-state index in [9.17, 15) is 13.2 Å². The second-order valence-corrected chi connectivity index (χ2v) is 11.0. The van der Waals surface area contributed by atoms with Crippen LogP contribution >= 0.6 is 11.3 Å². The molecule has 0 saturated carbocycles. The van der Waals surface area contributed by atoms with Crippen LogP contribution in [0.4, 0.5) is 5.69 Å². The van der Waals surface area contributed by atoms with Crippen molar-refractivity contribution in [1.82, 2.24) is 9.21 Å². The summed E-state index contributed by atoms with van der Waals surface area (Å²) in [6, 6.07) is 11.8. The molecule has 2 aliphatic rings. The van der Waals surface area contributed by atoms with E-state index in [1.807, 2.05) is 17.0 Å². The molecule has 0 radical (unpaired) electrons. The second kappa shape index (κ2) is 8.45. The molecule has 2 aromatic rings. The number of thiophene rings is 1. The van der Waals surface area contributed by atoms with Crippen LogP contribution in [0.5, 0.6) is 0 Å². The first-order valence-electron chi connectivity index (χ1n) is 10.1. The predicted octanol–water partition coefficient (Wildman–Crippen LogP) is 2.73. The van der Waals surface area contributed by atoms with E-state index in [-0.39, 0.29) is 12.3 Å². The number of amides is 1. The molecule has 29 heavy (non-hydrogen) atoms. The Labute approximate surface area is 176 Å². The summed E-state index contributed by atoms with van der Waals surface area (Å²) >= 11 is 1.23. The maximum atomic E-state index is 12.7. The van der Waals surface area contributed by atoms with Gasteiger partial charge in [-0.2, -0.15) is 4.31 Å². The first-order valence-corrected chi connectivity index (χ1v) is 12.4. The molecule has 3 heterocycles. The van der Waals surface area contributed by atoms with Crippen molar-refractivity contribution in [1.29, 1.82) is 0 Å². The fraction of sp³-hybridized carbons (Fsp3) is 0.476. The van der Waals surface area contributed by atoms with E-state index >= 15 is 0 Å². The first-order chi connectivity index (χ1) is 13.9. The molecule has 0 N–H and O–H groups in total. The number of benzene rings is 1. The van der Waals surface area contributed by atoms with Crippen molar-refractivity contribution in [2.45, 2.75) is 30.4 Å². The minimum absolute atomic E-state index is 0.0707. The minimum Gasteiger partial charge on any atom is -0.368 e. The summed E-state index contributed by atoms with van der Waals surface area (Å²) in [5.74, 6) is 0.0707. The van der Waals surface area contributed by atoms with Gasteiger partial charge in [-0.25, -0.2) is 8.42 Å². The Hall–Kier alpha value is -1.90. The Bertz CT molecular complexity index is 973.